The predicted molar refractivity (Wildman–Crippen MR) is 65.1 cm³/mol. The molecule has 0 aliphatic rings. The molecule has 0 amide bonds. The number of nitrogens with one attached hydrogen (secondary N) is 1. The Morgan fingerprint density at radius 3 is 2.59 bits per heavy atom. The van der Waals surface area contributed by atoms with E-state index < -0.39 is 26.6 Å². The van der Waals surface area contributed by atoms with E-state index in [1.807, 2.05) is 0 Å². The standard InChI is InChI=1S/C10H14FNO3S2/c1-16(13)8-4-7-12-17(14,15)10-6-3-2-5-9(10)11/h2-3,5-6,12H,4,7-8H2,1H3. The predicted octanol–water partition coefficient (Wildman–Crippen LogP) is 0.873. The topological polar surface area (TPSA) is 63.2 Å². The van der Waals surface area contributed by atoms with Crippen molar-refractivity contribution < 1.29 is 17.0 Å². The lowest BCUT2D eigenvalue weighted by atomic mass is 10.4. The van der Waals surface area contributed by atoms with Gasteiger partial charge in [-0.25, -0.2) is 17.5 Å². The maximum atomic E-state index is 13.3. The summed E-state index contributed by atoms with van der Waals surface area (Å²) in [6, 6.07) is 5.18. The highest BCUT2D eigenvalue weighted by Crippen LogP contribution is 2.12. The van der Waals surface area contributed by atoms with Gasteiger partial charge in [0.1, 0.15) is 10.7 Å². The van der Waals surface area contributed by atoms with Gasteiger partial charge in [-0.2, -0.15) is 0 Å². The minimum atomic E-state index is -3.81. The molecule has 0 bridgehead atoms. The number of benzene rings is 1. The van der Waals surface area contributed by atoms with Crippen molar-refractivity contribution in [3.63, 3.8) is 0 Å². The van der Waals surface area contributed by atoms with Crippen molar-refractivity contribution in [2.45, 2.75) is 11.3 Å². The first-order valence-electron chi connectivity index (χ1n) is 4.98. The SMILES string of the molecule is CS(=O)CCCNS(=O)(=O)c1ccccc1F. The minimum absolute atomic E-state index is 0.149. The molecule has 0 heterocycles. The lowest BCUT2D eigenvalue weighted by molar-refractivity contribution is 0.556. The third-order valence-corrected chi connectivity index (χ3v) is 4.38. The molecule has 0 saturated carbocycles. The van der Waals surface area contributed by atoms with E-state index >= 15 is 0 Å². The normalized spacial score (nSPS) is 13.5. The molecule has 1 rings (SSSR count). The molecule has 0 aliphatic heterocycles. The molecule has 0 radical (unpaired) electrons. The maximum absolute atomic E-state index is 13.3. The van der Waals surface area contributed by atoms with Gasteiger partial charge in [0.05, 0.1) is 0 Å². The number of rotatable bonds is 6. The van der Waals surface area contributed by atoms with Gasteiger partial charge in [-0.15, -0.1) is 0 Å². The molecule has 1 unspecified atom stereocenters. The van der Waals surface area contributed by atoms with Crippen LogP contribution in [0, 0.1) is 5.82 Å². The van der Waals surface area contributed by atoms with Crippen molar-refractivity contribution in [1.29, 1.82) is 0 Å². The zero-order chi connectivity index (χ0) is 12.9. The summed E-state index contributed by atoms with van der Waals surface area (Å²) in [7, 11) is -4.76. The molecule has 7 heteroatoms. The zero-order valence-electron chi connectivity index (χ0n) is 9.35. The van der Waals surface area contributed by atoms with Crippen LogP contribution in [0.15, 0.2) is 29.2 Å². The number of hydrogen-bond donors (Lipinski definition) is 1. The second kappa shape index (κ2) is 6.23. The Balaban J connectivity index is 2.64. The molecule has 1 aromatic rings. The van der Waals surface area contributed by atoms with E-state index in [0.717, 1.165) is 6.07 Å². The van der Waals surface area contributed by atoms with Crippen molar-refractivity contribution in [2.24, 2.45) is 0 Å². The Labute approximate surface area is 103 Å². The van der Waals surface area contributed by atoms with Crippen LogP contribution in [0.3, 0.4) is 0 Å². The highest BCUT2D eigenvalue weighted by atomic mass is 32.2. The minimum Gasteiger partial charge on any atom is -0.260 e. The van der Waals surface area contributed by atoms with Gasteiger partial charge >= 0.3 is 0 Å². The first-order valence-corrected chi connectivity index (χ1v) is 8.19. The molecule has 17 heavy (non-hydrogen) atoms. The molecular formula is C10H14FNO3S2. The van der Waals surface area contributed by atoms with Crippen LogP contribution in [0.2, 0.25) is 0 Å². The molecule has 1 atom stereocenters. The highest BCUT2D eigenvalue weighted by Gasteiger charge is 2.17. The van der Waals surface area contributed by atoms with Crippen LogP contribution in [0.25, 0.3) is 0 Å². The van der Waals surface area contributed by atoms with E-state index in [-0.39, 0.29) is 11.4 Å². The third-order valence-electron chi connectivity index (χ3n) is 2.03. The zero-order valence-corrected chi connectivity index (χ0v) is 11.0. The molecule has 1 aromatic carbocycles. The largest absolute Gasteiger partial charge is 0.260 e. The summed E-state index contributed by atoms with van der Waals surface area (Å²) in [5.41, 5.74) is 0. The quantitative estimate of drug-likeness (QED) is 0.786. The van der Waals surface area contributed by atoms with E-state index in [2.05, 4.69) is 4.72 Å². The first kappa shape index (κ1) is 14.3. The summed E-state index contributed by atoms with van der Waals surface area (Å²) in [6.07, 6.45) is 2.00. The second-order valence-corrected chi connectivity index (χ2v) is 6.75. The monoisotopic (exact) mass is 279 g/mol. The number of halogens is 1. The maximum Gasteiger partial charge on any atom is 0.243 e. The van der Waals surface area contributed by atoms with E-state index in [4.69, 9.17) is 0 Å². The van der Waals surface area contributed by atoms with Gasteiger partial charge in [0, 0.05) is 29.4 Å². The molecular weight excluding hydrogens is 265 g/mol. The molecule has 4 nitrogen and oxygen atoms in total. The Kier molecular flexibility index (Phi) is 5.23. The van der Waals surface area contributed by atoms with Crippen LogP contribution >= 0.6 is 0 Å². The third kappa shape index (κ3) is 4.53. The van der Waals surface area contributed by atoms with Crippen LogP contribution in [0.5, 0.6) is 0 Å². The van der Waals surface area contributed by atoms with E-state index in [9.17, 15) is 17.0 Å². The smallest absolute Gasteiger partial charge is 0.243 e. The summed E-state index contributed by atoms with van der Waals surface area (Å²) in [5.74, 6) is -0.362. The van der Waals surface area contributed by atoms with Gasteiger partial charge < -0.3 is 0 Å². The Hall–Kier alpha value is -0.790. The van der Waals surface area contributed by atoms with Gasteiger partial charge in [0.15, 0.2) is 0 Å². The average molecular weight is 279 g/mol. The summed E-state index contributed by atoms with van der Waals surface area (Å²) < 4.78 is 49.6. The first-order chi connectivity index (χ1) is 7.93. The van der Waals surface area contributed by atoms with Crippen LogP contribution in [0.1, 0.15) is 6.42 Å². The summed E-state index contributed by atoms with van der Waals surface area (Å²) in [4.78, 5) is -0.363. The molecule has 0 saturated heterocycles. The van der Waals surface area contributed by atoms with Gasteiger partial charge in [0.25, 0.3) is 0 Å². The second-order valence-electron chi connectivity index (χ2n) is 3.46. The van der Waals surface area contributed by atoms with Crippen LogP contribution in [-0.4, -0.2) is 31.2 Å². The molecule has 0 aliphatic carbocycles. The summed E-state index contributed by atoms with van der Waals surface area (Å²) in [6.45, 7) is 0.149. The number of sulfonamides is 1. The highest BCUT2D eigenvalue weighted by molar-refractivity contribution is 7.89. The van der Waals surface area contributed by atoms with Crippen LogP contribution in [0.4, 0.5) is 4.39 Å². The lowest BCUT2D eigenvalue weighted by Gasteiger charge is -2.06. The van der Waals surface area contributed by atoms with E-state index in [0.29, 0.717) is 12.2 Å². The molecule has 0 fully saturated rings. The fourth-order valence-electron chi connectivity index (χ4n) is 1.22. The molecule has 0 spiro atoms. The van der Waals surface area contributed by atoms with Crippen molar-refractivity contribution in [2.75, 3.05) is 18.6 Å². The van der Waals surface area contributed by atoms with Crippen molar-refractivity contribution in [1.82, 2.24) is 4.72 Å². The van der Waals surface area contributed by atoms with Gasteiger partial charge in [-0.1, -0.05) is 12.1 Å². The van der Waals surface area contributed by atoms with E-state index in [1.54, 1.807) is 6.26 Å². The number of hydrogen-bond acceptors (Lipinski definition) is 3. The fraction of sp³-hybridized carbons (Fsp3) is 0.400. The Morgan fingerprint density at radius 2 is 2.00 bits per heavy atom. The van der Waals surface area contributed by atoms with Gasteiger partial charge in [0.2, 0.25) is 10.0 Å². The molecule has 0 aromatic heterocycles. The van der Waals surface area contributed by atoms with Gasteiger partial charge in [-0.05, 0) is 18.6 Å². The van der Waals surface area contributed by atoms with Gasteiger partial charge in [-0.3, -0.25) is 4.21 Å². The van der Waals surface area contributed by atoms with E-state index in [1.165, 1.54) is 18.2 Å². The van der Waals surface area contributed by atoms with Crippen molar-refractivity contribution in [3.8, 4) is 0 Å². The molecule has 96 valence electrons. The fourth-order valence-corrected chi connectivity index (χ4v) is 2.92. The van der Waals surface area contributed by atoms with Crippen molar-refractivity contribution in [3.05, 3.63) is 30.1 Å². The average Bonchev–Trinajstić information content (AvgIpc) is 2.24. The van der Waals surface area contributed by atoms with Crippen molar-refractivity contribution >= 4 is 20.8 Å². The summed E-state index contributed by atoms with van der Waals surface area (Å²) >= 11 is 0. The Morgan fingerprint density at radius 1 is 1.35 bits per heavy atom. The molecule has 1 N–H and O–H groups in total. The van der Waals surface area contributed by atoms with Crippen LogP contribution in [-0.2, 0) is 20.8 Å². The lowest BCUT2D eigenvalue weighted by Crippen LogP contribution is -2.26. The Bertz CT molecular complexity index is 502. The summed E-state index contributed by atoms with van der Waals surface area (Å²) in [5, 5.41) is 0. The van der Waals surface area contributed by atoms with Crippen LogP contribution < -0.4 is 4.72 Å².